The molecule has 4 nitrogen and oxygen atoms in total. The van der Waals surface area contributed by atoms with Gasteiger partial charge in [-0.15, -0.1) is 0 Å². The molecule has 1 atom stereocenters. The zero-order valence-corrected chi connectivity index (χ0v) is 11.5. The first-order valence-electron chi connectivity index (χ1n) is 6.42. The summed E-state index contributed by atoms with van der Waals surface area (Å²) < 4.78 is 0. The number of nitrogens with one attached hydrogen (secondary N) is 1. The van der Waals surface area contributed by atoms with E-state index in [-0.39, 0.29) is 11.8 Å². The Morgan fingerprint density at radius 1 is 1.41 bits per heavy atom. The largest absolute Gasteiger partial charge is 0.342 e. The van der Waals surface area contributed by atoms with Crippen molar-refractivity contribution in [1.29, 1.82) is 5.26 Å². The van der Waals surface area contributed by atoms with Crippen LogP contribution in [0.25, 0.3) is 0 Å². The summed E-state index contributed by atoms with van der Waals surface area (Å²) in [6.07, 6.45) is 1.42. The molecule has 0 aromatic carbocycles. The van der Waals surface area contributed by atoms with Crippen LogP contribution in [-0.2, 0) is 4.79 Å². The Morgan fingerprint density at radius 2 is 2.06 bits per heavy atom. The minimum atomic E-state index is -0.0901. The molecule has 0 aromatic rings. The molecule has 98 valence electrons. The number of carbonyl (C=O) groups is 1. The summed E-state index contributed by atoms with van der Waals surface area (Å²) in [5, 5.41) is 12.0. The second-order valence-corrected chi connectivity index (χ2v) is 4.67. The molecule has 0 aromatic heterocycles. The van der Waals surface area contributed by atoms with Gasteiger partial charge >= 0.3 is 0 Å². The van der Waals surface area contributed by atoms with Crippen LogP contribution in [0.3, 0.4) is 0 Å². The van der Waals surface area contributed by atoms with Gasteiger partial charge in [-0.25, -0.2) is 0 Å². The molecule has 0 heterocycles. The van der Waals surface area contributed by atoms with Crippen molar-refractivity contribution in [3.8, 4) is 6.07 Å². The van der Waals surface area contributed by atoms with E-state index in [1.54, 1.807) is 4.90 Å². The summed E-state index contributed by atoms with van der Waals surface area (Å²) in [6.45, 7) is 10.1. The van der Waals surface area contributed by atoms with Crippen LogP contribution in [0.4, 0.5) is 0 Å². The second-order valence-electron chi connectivity index (χ2n) is 4.67. The Kier molecular flexibility index (Phi) is 8.43. The maximum Gasteiger partial charge on any atom is 0.222 e. The molecular formula is C13H25N3O. The third kappa shape index (κ3) is 7.76. The smallest absolute Gasteiger partial charge is 0.222 e. The third-order valence-electron chi connectivity index (χ3n) is 2.57. The van der Waals surface area contributed by atoms with Gasteiger partial charge < -0.3 is 10.2 Å². The monoisotopic (exact) mass is 239 g/mol. The summed E-state index contributed by atoms with van der Waals surface area (Å²) in [6, 6.07) is 2.62. The molecule has 0 aliphatic carbocycles. The van der Waals surface area contributed by atoms with Crippen LogP contribution in [0.1, 0.15) is 40.5 Å². The fourth-order valence-electron chi connectivity index (χ4n) is 1.57. The molecule has 17 heavy (non-hydrogen) atoms. The van der Waals surface area contributed by atoms with Crippen LogP contribution in [0.2, 0.25) is 0 Å². The van der Waals surface area contributed by atoms with Gasteiger partial charge in [-0.2, -0.15) is 5.26 Å². The summed E-state index contributed by atoms with van der Waals surface area (Å²) in [7, 11) is 0. The summed E-state index contributed by atoms with van der Waals surface area (Å²) in [4.78, 5) is 13.6. The number of amides is 1. The zero-order chi connectivity index (χ0) is 13.3. The molecule has 1 N–H and O–H groups in total. The van der Waals surface area contributed by atoms with Gasteiger partial charge in [0.15, 0.2) is 0 Å². The van der Waals surface area contributed by atoms with Gasteiger partial charge in [-0.05, 0) is 26.8 Å². The van der Waals surface area contributed by atoms with Crippen LogP contribution in [0, 0.1) is 17.2 Å². The molecule has 0 saturated carbocycles. The van der Waals surface area contributed by atoms with E-state index in [0.717, 1.165) is 13.0 Å². The van der Waals surface area contributed by atoms with Crippen LogP contribution >= 0.6 is 0 Å². The van der Waals surface area contributed by atoms with E-state index >= 15 is 0 Å². The SMILES string of the molecule is CCN(CC(C)C#N)C(=O)CCCNC(C)C. The molecule has 4 heteroatoms. The van der Waals surface area contributed by atoms with Crippen LogP contribution in [0.5, 0.6) is 0 Å². The van der Waals surface area contributed by atoms with Crippen molar-refractivity contribution in [1.82, 2.24) is 10.2 Å². The van der Waals surface area contributed by atoms with E-state index < -0.39 is 0 Å². The number of carbonyl (C=O) groups excluding carboxylic acids is 1. The predicted octanol–water partition coefficient (Wildman–Crippen LogP) is 1.77. The van der Waals surface area contributed by atoms with E-state index in [9.17, 15) is 4.79 Å². The molecule has 0 rings (SSSR count). The average molecular weight is 239 g/mol. The van der Waals surface area contributed by atoms with E-state index in [2.05, 4.69) is 25.2 Å². The minimum absolute atomic E-state index is 0.0901. The van der Waals surface area contributed by atoms with Crippen molar-refractivity contribution >= 4 is 5.91 Å². The quantitative estimate of drug-likeness (QED) is 0.657. The van der Waals surface area contributed by atoms with Gasteiger partial charge in [-0.1, -0.05) is 13.8 Å². The minimum Gasteiger partial charge on any atom is -0.342 e. The first kappa shape index (κ1) is 15.9. The first-order valence-corrected chi connectivity index (χ1v) is 6.42. The first-order chi connectivity index (χ1) is 8.01. The van der Waals surface area contributed by atoms with Gasteiger partial charge in [0.2, 0.25) is 5.91 Å². The Morgan fingerprint density at radius 3 is 2.53 bits per heavy atom. The normalized spacial score (nSPS) is 12.2. The van der Waals surface area contributed by atoms with E-state index in [0.29, 0.717) is 25.6 Å². The van der Waals surface area contributed by atoms with Gasteiger partial charge in [0.05, 0.1) is 12.0 Å². The lowest BCUT2D eigenvalue weighted by molar-refractivity contribution is -0.131. The lowest BCUT2D eigenvalue weighted by Gasteiger charge is -2.22. The van der Waals surface area contributed by atoms with Crippen LogP contribution < -0.4 is 5.32 Å². The molecular weight excluding hydrogens is 214 g/mol. The molecule has 0 aliphatic heterocycles. The Bertz CT molecular complexity index is 258. The molecule has 1 unspecified atom stereocenters. The van der Waals surface area contributed by atoms with Crippen LogP contribution in [-0.4, -0.2) is 36.5 Å². The molecule has 1 amide bonds. The molecule has 0 fully saturated rings. The standard InChI is InChI=1S/C13H25N3O/c1-5-16(10-12(4)9-14)13(17)7-6-8-15-11(2)3/h11-12,15H,5-8,10H2,1-4H3. The van der Waals surface area contributed by atoms with E-state index in [4.69, 9.17) is 5.26 Å². The van der Waals surface area contributed by atoms with E-state index in [1.165, 1.54) is 0 Å². The maximum absolute atomic E-state index is 11.9. The predicted molar refractivity (Wildman–Crippen MR) is 69.4 cm³/mol. The number of hydrogen-bond acceptors (Lipinski definition) is 3. The molecule has 0 aliphatic rings. The average Bonchev–Trinajstić information content (AvgIpc) is 2.30. The zero-order valence-electron chi connectivity index (χ0n) is 11.5. The molecule has 0 saturated heterocycles. The molecule has 0 radical (unpaired) electrons. The number of nitrogens with zero attached hydrogens (tertiary/aromatic N) is 2. The maximum atomic E-state index is 11.9. The highest BCUT2D eigenvalue weighted by Gasteiger charge is 2.13. The molecule has 0 spiro atoms. The van der Waals surface area contributed by atoms with Crippen molar-refractivity contribution in [3.05, 3.63) is 0 Å². The Hall–Kier alpha value is -1.08. The summed E-state index contributed by atoms with van der Waals surface area (Å²) >= 11 is 0. The van der Waals surface area contributed by atoms with Gasteiger partial charge in [0.25, 0.3) is 0 Å². The van der Waals surface area contributed by atoms with Crippen molar-refractivity contribution < 1.29 is 4.79 Å². The fourth-order valence-corrected chi connectivity index (χ4v) is 1.57. The van der Waals surface area contributed by atoms with Gasteiger partial charge in [0, 0.05) is 25.6 Å². The summed E-state index contributed by atoms with van der Waals surface area (Å²) in [5.41, 5.74) is 0. The van der Waals surface area contributed by atoms with Crippen molar-refractivity contribution in [3.63, 3.8) is 0 Å². The van der Waals surface area contributed by atoms with Crippen LogP contribution in [0.15, 0.2) is 0 Å². The number of rotatable bonds is 8. The van der Waals surface area contributed by atoms with Crippen molar-refractivity contribution in [2.24, 2.45) is 5.92 Å². The van der Waals surface area contributed by atoms with E-state index in [1.807, 2.05) is 13.8 Å². The Balaban J connectivity index is 3.89. The highest BCUT2D eigenvalue weighted by molar-refractivity contribution is 5.76. The van der Waals surface area contributed by atoms with Crippen molar-refractivity contribution in [2.75, 3.05) is 19.6 Å². The lowest BCUT2D eigenvalue weighted by Crippen LogP contribution is -2.34. The highest BCUT2D eigenvalue weighted by atomic mass is 16.2. The Labute approximate surface area is 105 Å². The van der Waals surface area contributed by atoms with Crippen molar-refractivity contribution in [2.45, 2.75) is 46.6 Å². The number of hydrogen-bond donors (Lipinski definition) is 1. The fraction of sp³-hybridized carbons (Fsp3) is 0.846. The van der Waals surface area contributed by atoms with Gasteiger partial charge in [0.1, 0.15) is 0 Å². The third-order valence-corrected chi connectivity index (χ3v) is 2.57. The molecule has 0 bridgehead atoms. The second kappa shape index (κ2) is 9.00. The number of nitriles is 1. The lowest BCUT2D eigenvalue weighted by atomic mass is 10.2. The topological polar surface area (TPSA) is 56.1 Å². The summed E-state index contributed by atoms with van der Waals surface area (Å²) in [5.74, 6) is 0.0628. The van der Waals surface area contributed by atoms with Gasteiger partial charge in [-0.3, -0.25) is 4.79 Å². The highest BCUT2D eigenvalue weighted by Crippen LogP contribution is 2.02.